The van der Waals surface area contributed by atoms with E-state index >= 15 is 0 Å². The van der Waals surface area contributed by atoms with E-state index in [1.165, 1.54) is 23.1 Å². The number of rotatable bonds is 3. The van der Waals surface area contributed by atoms with E-state index in [0.717, 1.165) is 0 Å². The highest BCUT2D eigenvalue weighted by Gasteiger charge is 2.32. The Balaban J connectivity index is 1.53. The zero-order valence-corrected chi connectivity index (χ0v) is 17.0. The second-order valence-electron chi connectivity index (χ2n) is 7.53. The van der Waals surface area contributed by atoms with E-state index in [1.54, 1.807) is 15.6 Å². The van der Waals surface area contributed by atoms with Crippen molar-refractivity contribution in [3.05, 3.63) is 52.1 Å². The van der Waals surface area contributed by atoms with Crippen molar-refractivity contribution in [3.63, 3.8) is 0 Å². The summed E-state index contributed by atoms with van der Waals surface area (Å²) in [6, 6.07) is 5.96. The zero-order valence-electron chi connectivity index (χ0n) is 16.3. The van der Waals surface area contributed by atoms with Gasteiger partial charge in [0.1, 0.15) is 11.5 Å². The van der Waals surface area contributed by atoms with Gasteiger partial charge in [-0.1, -0.05) is 17.7 Å². The van der Waals surface area contributed by atoms with Crippen LogP contribution in [0, 0.1) is 5.82 Å². The second-order valence-corrected chi connectivity index (χ2v) is 7.94. The first-order valence-corrected chi connectivity index (χ1v) is 9.96. The summed E-state index contributed by atoms with van der Waals surface area (Å²) in [4.78, 5) is 29.0. The van der Waals surface area contributed by atoms with Crippen LogP contribution in [0.15, 0.2) is 24.3 Å². The number of nitrogens with zero attached hydrogens (tertiary/aromatic N) is 4. The molecule has 1 saturated heterocycles. The van der Waals surface area contributed by atoms with Gasteiger partial charge in [-0.15, -0.1) is 0 Å². The smallest absolute Gasteiger partial charge is 0.274 e. The molecular formula is C20H22ClFN4O3. The Morgan fingerprint density at radius 1 is 1.28 bits per heavy atom. The van der Waals surface area contributed by atoms with Gasteiger partial charge in [-0.2, -0.15) is 5.10 Å². The van der Waals surface area contributed by atoms with Gasteiger partial charge in [0, 0.05) is 36.3 Å². The molecule has 9 heteroatoms. The van der Waals surface area contributed by atoms with Crippen molar-refractivity contribution >= 4 is 23.4 Å². The molecule has 154 valence electrons. The molecule has 2 aliphatic rings. The molecule has 0 bridgehead atoms. The first-order chi connectivity index (χ1) is 13.8. The lowest BCUT2D eigenvalue weighted by molar-refractivity contribution is -0.0587. The number of ether oxygens (including phenoxy) is 1. The third-order valence-electron chi connectivity index (χ3n) is 5.20. The Kier molecular flexibility index (Phi) is 5.31. The summed E-state index contributed by atoms with van der Waals surface area (Å²) in [6.07, 6.45) is -0.106. The number of aromatic nitrogens is 2. The van der Waals surface area contributed by atoms with Crippen LogP contribution in [0.5, 0.6) is 0 Å². The summed E-state index contributed by atoms with van der Waals surface area (Å²) in [5.74, 6) is -0.966. The summed E-state index contributed by atoms with van der Waals surface area (Å²) in [5.41, 5.74) is 0.838. The first-order valence-electron chi connectivity index (χ1n) is 9.58. The lowest BCUT2D eigenvalue weighted by atomic mass is 10.1. The van der Waals surface area contributed by atoms with Crippen LogP contribution in [0.25, 0.3) is 0 Å². The molecule has 0 saturated carbocycles. The largest absolute Gasteiger partial charge is 0.372 e. The van der Waals surface area contributed by atoms with Crippen LogP contribution in [0.4, 0.5) is 4.39 Å². The van der Waals surface area contributed by atoms with Crippen molar-refractivity contribution in [1.82, 2.24) is 19.6 Å². The number of hydrogen-bond acceptors (Lipinski definition) is 4. The number of amides is 2. The quantitative estimate of drug-likeness (QED) is 0.765. The molecule has 0 N–H and O–H groups in total. The van der Waals surface area contributed by atoms with Crippen LogP contribution < -0.4 is 0 Å². The highest BCUT2D eigenvalue weighted by atomic mass is 35.5. The molecule has 0 radical (unpaired) electrons. The van der Waals surface area contributed by atoms with Crippen molar-refractivity contribution in [2.24, 2.45) is 0 Å². The number of carbonyl (C=O) groups is 2. The fraction of sp³-hybridized carbons (Fsp3) is 0.450. The summed E-state index contributed by atoms with van der Waals surface area (Å²) in [5, 5.41) is 4.62. The molecular weight excluding hydrogens is 399 g/mol. The molecule has 1 aromatic carbocycles. The molecule has 1 fully saturated rings. The highest BCUT2D eigenvalue weighted by molar-refractivity contribution is 6.31. The van der Waals surface area contributed by atoms with Crippen LogP contribution in [-0.4, -0.2) is 63.2 Å². The Hall–Kier alpha value is -2.45. The van der Waals surface area contributed by atoms with E-state index < -0.39 is 5.82 Å². The van der Waals surface area contributed by atoms with Crippen molar-refractivity contribution in [2.45, 2.75) is 39.1 Å². The van der Waals surface area contributed by atoms with Crippen LogP contribution in [0.3, 0.4) is 0 Å². The van der Waals surface area contributed by atoms with Crippen LogP contribution in [0.2, 0.25) is 5.02 Å². The van der Waals surface area contributed by atoms with E-state index in [-0.39, 0.29) is 46.8 Å². The maximum Gasteiger partial charge on any atom is 0.274 e. The molecule has 2 atom stereocenters. The van der Waals surface area contributed by atoms with Crippen LogP contribution >= 0.6 is 11.6 Å². The lowest BCUT2D eigenvalue weighted by Gasteiger charge is -2.34. The monoisotopic (exact) mass is 420 g/mol. The maximum absolute atomic E-state index is 14.1. The van der Waals surface area contributed by atoms with Crippen LogP contribution in [-0.2, 0) is 17.8 Å². The second kappa shape index (κ2) is 7.76. The molecule has 0 spiro atoms. The van der Waals surface area contributed by atoms with E-state index in [2.05, 4.69) is 5.10 Å². The minimum Gasteiger partial charge on any atom is -0.372 e. The Morgan fingerprint density at radius 3 is 2.69 bits per heavy atom. The maximum atomic E-state index is 14.1. The summed E-state index contributed by atoms with van der Waals surface area (Å²) < 4.78 is 21.3. The van der Waals surface area contributed by atoms with Crippen molar-refractivity contribution in [3.8, 4) is 0 Å². The third-order valence-corrected chi connectivity index (χ3v) is 5.56. The molecule has 29 heavy (non-hydrogen) atoms. The van der Waals surface area contributed by atoms with Crippen molar-refractivity contribution < 1.29 is 18.7 Å². The Morgan fingerprint density at radius 2 is 2.00 bits per heavy atom. The van der Waals surface area contributed by atoms with E-state index in [4.69, 9.17) is 16.3 Å². The summed E-state index contributed by atoms with van der Waals surface area (Å²) in [7, 11) is 0. The van der Waals surface area contributed by atoms with Crippen molar-refractivity contribution in [1.29, 1.82) is 0 Å². The van der Waals surface area contributed by atoms with E-state index in [9.17, 15) is 14.0 Å². The predicted molar refractivity (Wildman–Crippen MR) is 104 cm³/mol. The molecule has 2 aromatic rings. The van der Waals surface area contributed by atoms with E-state index in [1.807, 2.05) is 13.8 Å². The molecule has 0 aliphatic carbocycles. The van der Waals surface area contributed by atoms with Gasteiger partial charge in [-0.05, 0) is 26.0 Å². The predicted octanol–water partition coefficient (Wildman–Crippen LogP) is 2.58. The highest BCUT2D eigenvalue weighted by Crippen LogP contribution is 2.24. The van der Waals surface area contributed by atoms with Gasteiger partial charge in [0.25, 0.3) is 11.8 Å². The van der Waals surface area contributed by atoms with Crippen LogP contribution in [0.1, 0.15) is 40.4 Å². The van der Waals surface area contributed by atoms with Gasteiger partial charge in [-0.25, -0.2) is 4.39 Å². The zero-order chi connectivity index (χ0) is 20.7. The van der Waals surface area contributed by atoms with Gasteiger partial charge in [0.15, 0.2) is 5.69 Å². The Bertz CT molecular complexity index is 933. The van der Waals surface area contributed by atoms with E-state index in [0.29, 0.717) is 31.9 Å². The minimum absolute atomic E-state index is 0.0532. The number of halogens is 2. The number of hydrogen-bond donors (Lipinski definition) is 0. The fourth-order valence-corrected chi connectivity index (χ4v) is 4.10. The third kappa shape index (κ3) is 3.86. The SMILES string of the molecule is C[C@@H]1CN(C(=O)c2cc3n(n2)CCN(Cc2c(F)cccc2Cl)C3=O)C[C@@H](C)O1. The average molecular weight is 421 g/mol. The van der Waals surface area contributed by atoms with Gasteiger partial charge in [-0.3, -0.25) is 14.3 Å². The molecule has 7 nitrogen and oxygen atoms in total. The molecule has 3 heterocycles. The average Bonchev–Trinajstić information content (AvgIpc) is 3.10. The molecule has 4 rings (SSSR count). The number of morpholine rings is 1. The number of benzene rings is 1. The normalized spacial score (nSPS) is 22.0. The molecule has 2 amide bonds. The topological polar surface area (TPSA) is 67.7 Å². The van der Waals surface area contributed by atoms with Crippen molar-refractivity contribution in [2.75, 3.05) is 19.6 Å². The van der Waals surface area contributed by atoms with Gasteiger partial charge in [0.2, 0.25) is 0 Å². The van der Waals surface area contributed by atoms with Gasteiger partial charge >= 0.3 is 0 Å². The number of fused-ring (bicyclic) bond motifs is 1. The summed E-state index contributed by atoms with van der Waals surface area (Å²) >= 11 is 6.10. The Labute approximate surface area is 173 Å². The molecule has 0 unspecified atom stereocenters. The van der Waals surface area contributed by atoms with Gasteiger partial charge in [0.05, 0.1) is 25.3 Å². The summed E-state index contributed by atoms with van der Waals surface area (Å²) in [6.45, 7) is 5.66. The molecule has 2 aliphatic heterocycles. The van der Waals surface area contributed by atoms with Gasteiger partial charge < -0.3 is 14.5 Å². The minimum atomic E-state index is -0.448. The lowest BCUT2D eigenvalue weighted by Crippen LogP contribution is -2.48. The first kappa shape index (κ1) is 19.8. The standard InChI is InChI=1S/C20H22ClFN4O3/c1-12-9-25(10-13(2)29-12)19(27)17-8-18-20(28)24(6-7-26(18)23-17)11-14-15(21)4-3-5-16(14)22/h3-5,8,12-13H,6-7,9-11H2,1-2H3/t12-,13-/m1/s1. The molecule has 1 aromatic heterocycles. The fourth-order valence-electron chi connectivity index (χ4n) is 3.87. The number of carbonyl (C=O) groups excluding carboxylic acids is 2.